The van der Waals surface area contributed by atoms with Gasteiger partial charge in [-0.2, -0.15) is 0 Å². The van der Waals surface area contributed by atoms with Crippen molar-refractivity contribution in [2.45, 2.75) is 19.8 Å². The average Bonchev–Trinajstić information content (AvgIpc) is 3.16. The lowest BCUT2D eigenvalue weighted by Crippen LogP contribution is -2.24. The van der Waals surface area contributed by atoms with Gasteiger partial charge in [0.15, 0.2) is 0 Å². The summed E-state index contributed by atoms with van der Waals surface area (Å²) in [5.41, 5.74) is 1.73. The minimum Gasteiger partial charge on any atom is -0.494 e. The number of aryl methyl sites for hydroxylation is 1. The van der Waals surface area contributed by atoms with E-state index in [0.29, 0.717) is 30.1 Å². The van der Waals surface area contributed by atoms with Crippen LogP contribution in [0.4, 0.5) is 11.4 Å². The van der Waals surface area contributed by atoms with Gasteiger partial charge in [0, 0.05) is 30.1 Å². The zero-order valence-electron chi connectivity index (χ0n) is 13.0. The summed E-state index contributed by atoms with van der Waals surface area (Å²) < 4.78 is 5.38. The van der Waals surface area contributed by atoms with Gasteiger partial charge in [-0.15, -0.1) is 11.3 Å². The molecule has 2 aromatic rings. The number of nitrogens with one attached hydrogen (secondary N) is 1. The van der Waals surface area contributed by atoms with E-state index in [9.17, 15) is 9.59 Å². The number of hydrogen-bond acceptors (Lipinski definition) is 5. The molecule has 1 N–H and O–H groups in total. The molecule has 0 spiro atoms. The van der Waals surface area contributed by atoms with Gasteiger partial charge in [0.05, 0.1) is 17.8 Å². The van der Waals surface area contributed by atoms with Gasteiger partial charge in [-0.25, -0.2) is 4.98 Å². The van der Waals surface area contributed by atoms with Crippen LogP contribution in [-0.2, 0) is 4.79 Å². The molecule has 1 aromatic carbocycles. The third-order valence-corrected chi connectivity index (χ3v) is 4.43. The summed E-state index contributed by atoms with van der Waals surface area (Å²) in [6.07, 6.45) is 1.41. The van der Waals surface area contributed by atoms with Crippen molar-refractivity contribution in [1.82, 2.24) is 4.98 Å². The molecule has 2 heterocycles. The quantitative estimate of drug-likeness (QED) is 0.935. The molecular formula is C16H17N3O3S. The molecule has 120 valence electrons. The lowest BCUT2D eigenvalue weighted by Gasteiger charge is -2.19. The molecule has 0 atom stereocenters. The van der Waals surface area contributed by atoms with Crippen molar-refractivity contribution in [3.8, 4) is 5.75 Å². The van der Waals surface area contributed by atoms with E-state index in [4.69, 9.17) is 4.74 Å². The lowest BCUT2D eigenvalue weighted by molar-refractivity contribution is -0.117. The number of carbonyl (C=O) groups is 2. The van der Waals surface area contributed by atoms with Gasteiger partial charge in [0.1, 0.15) is 11.4 Å². The molecule has 1 aliphatic rings. The number of amides is 2. The maximum absolute atomic E-state index is 12.1. The number of ether oxygens (including phenoxy) is 1. The van der Waals surface area contributed by atoms with Crippen LogP contribution < -0.4 is 15.0 Å². The fraction of sp³-hybridized carbons (Fsp3) is 0.312. The molecule has 0 unspecified atom stereocenters. The predicted octanol–water partition coefficient (Wildman–Crippen LogP) is 2.84. The highest BCUT2D eigenvalue weighted by molar-refractivity contribution is 7.09. The van der Waals surface area contributed by atoms with E-state index in [1.165, 1.54) is 11.3 Å². The number of thiazole rings is 1. The molecule has 0 aliphatic carbocycles. The summed E-state index contributed by atoms with van der Waals surface area (Å²) in [6, 6.07) is 5.28. The molecular weight excluding hydrogens is 314 g/mol. The number of nitrogens with zero attached hydrogens (tertiary/aromatic N) is 2. The second-order valence-electron chi connectivity index (χ2n) is 5.24. The van der Waals surface area contributed by atoms with Crippen molar-refractivity contribution >= 4 is 34.5 Å². The van der Waals surface area contributed by atoms with E-state index in [1.807, 2.05) is 6.92 Å². The highest BCUT2D eigenvalue weighted by Crippen LogP contribution is 2.33. The van der Waals surface area contributed by atoms with Crippen molar-refractivity contribution in [3.63, 3.8) is 0 Å². The molecule has 0 saturated carbocycles. The maximum atomic E-state index is 12.1. The fourth-order valence-electron chi connectivity index (χ4n) is 2.54. The largest absolute Gasteiger partial charge is 0.494 e. The van der Waals surface area contributed by atoms with Crippen LogP contribution in [0.2, 0.25) is 0 Å². The Kier molecular flexibility index (Phi) is 4.29. The van der Waals surface area contributed by atoms with Crippen LogP contribution in [0.3, 0.4) is 0 Å². The number of hydrogen-bond donors (Lipinski definition) is 1. The normalized spacial score (nSPS) is 14.2. The van der Waals surface area contributed by atoms with Crippen LogP contribution >= 0.6 is 11.3 Å². The first kappa shape index (κ1) is 15.5. The minimum atomic E-state index is -0.263. The van der Waals surface area contributed by atoms with Crippen molar-refractivity contribution < 1.29 is 14.3 Å². The summed E-state index contributed by atoms with van der Waals surface area (Å²) in [5, 5.41) is 5.36. The van der Waals surface area contributed by atoms with Crippen LogP contribution in [-0.4, -0.2) is 30.5 Å². The van der Waals surface area contributed by atoms with Crippen LogP contribution in [0.1, 0.15) is 28.3 Å². The molecule has 0 radical (unpaired) electrons. The van der Waals surface area contributed by atoms with E-state index in [1.54, 1.807) is 35.6 Å². The first-order chi connectivity index (χ1) is 11.1. The predicted molar refractivity (Wildman–Crippen MR) is 89.4 cm³/mol. The second kappa shape index (κ2) is 6.37. The van der Waals surface area contributed by atoms with Crippen LogP contribution in [0.5, 0.6) is 5.75 Å². The molecule has 2 amide bonds. The third kappa shape index (κ3) is 3.19. The second-order valence-corrected chi connectivity index (χ2v) is 6.30. The minimum absolute atomic E-state index is 0.0954. The SMILES string of the molecule is COc1cc(NC(=O)c2csc(C)n2)ccc1N1CCCC1=O. The first-order valence-corrected chi connectivity index (χ1v) is 8.18. The van der Waals surface area contributed by atoms with Crippen molar-refractivity contribution in [3.05, 3.63) is 34.3 Å². The summed E-state index contributed by atoms with van der Waals surface area (Å²) in [4.78, 5) is 29.9. The van der Waals surface area contributed by atoms with E-state index >= 15 is 0 Å². The Morgan fingerprint density at radius 3 is 2.87 bits per heavy atom. The summed E-state index contributed by atoms with van der Waals surface area (Å²) in [7, 11) is 1.55. The van der Waals surface area contributed by atoms with E-state index in [2.05, 4.69) is 10.3 Å². The molecule has 1 aliphatic heterocycles. The van der Waals surface area contributed by atoms with E-state index < -0.39 is 0 Å². The molecule has 0 bridgehead atoms. The monoisotopic (exact) mass is 331 g/mol. The van der Waals surface area contributed by atoms with Crippen molar-refractivity contribution in [2.75, 3.05) is 23.9 Å². The summed E-state index contributed by atoms with van der Waals surface area (Å²) in [5.74, 6) is 0.395. The highest BCUT2D eigenvalue weighted by Gasteiger charge is 2.24. The Bertz CT molecular complexity index is 757. The van der Waals surface area contributed by atoms with Gasteiger partial charge in [0.2, 0.25) is 5.91 Å². The van der Waals surface area contributed by atoms with Crippen LogP contribution in [0.25, 0.3) is 0 Å². The Labute approximate surface area is 138 Å². The topological polar surface area (TPSA) is 71.5 Å². The number of benzene rings is 1. The smallest absolute Gasteiger partial charge is 0.275 e. The molecule has 23 heavy (non-hydrogen) atoms. The molecule has 6 nitrogen and oxygen atoms in total. The van der Waals surface area contributed by atoms with Crippen LogP contribution in [0.15, 0.2) is 23.6 Å². The number of aromatic nitrogens is 1. The van der Waals surface area contributed by atoms with E-state index in [-0.39, 0.29) is 11.8 Å². The van der Waals surface area contributed by atoms with Gasteiger partial charge < -0.3 is 15.0 Å². The van der Waals surface area contributed by atoms with Gasteiger partial charge in [-0.05, 0) is 25.5 Å². The first-order valence-electron chi connectivity index (χ1n) is 7.30. The Hall–Kier alpha value is -2.41. The van der Waals surface area contributed by atoms with Gasteiger partial charge in [-0.3, -0.25) is 9.59 Å². The summed E-state index contributed by atoms with van der Waals surface area (Å²) in [6.45, 7) is 2.55. The van der Waals surface area contributed by atoms with Gasteiger partial charge in [0.25, 0.3) is 5.91 Å². The van der Waals surface area contributed by atoms with E-state index in [0.717, 1.165) is 17.1 Å². The zero-order chi connectivity index (χ0) is 16.4. The zero-order valence-corrected chi connectivity index (χ0v) is 13.8. The number of carbonyl (C=O) groups excluding carboxylic acids is 2. The molecule has 3 rings (SSSR count). The molecule has 1 saturated heterocycles. The van der Waals surface area contributed by atoms with Gasteiger partial charge in [-0.1, -0.05) is 0 Å². The molecule has 1 fully saturated rings. The number of rotatable bonds is 4. The maximum Gasteiger partial charge on any atom is 0.275 e. The Morgan fingerprint density at radius 1 is 1.43 bits per heavy atom. The Morgan fingerprint density at radius 2 is 2.26 bits per heavy atom. The Balaban J connectivity index is 1.81. The molecule has 1 aromatic heterocycles. The van der Waals surface area contributed by atoms with Gasteiger partial charge >= 0.3 is 0 Å². The fourth-order valence-corrected chi connectivity index (χ4v) is 3.14. The standard InChI is InChI=1S/C16H17N3O3S/c1-10-17-12(9-23-10)16(21)18-11-5-6-13(14(8-11)22-2)19-7-3-4-15(19)20/h5-6,8-9H,3-4,7H2,1-2H3,(H,18,21). The van der Waals surface area contributed by atoms with Crippen molar-refractivity contribution in [2.24, 2.45) is 0 Å². The average molecular weight is 331 g/mol. The molecule has 7 heteroatoms. The highest BCUT2D eigenvalue weighted by atomic mass is 32.1. The lowest BCUT2D eigenvalue weighted by atomic mass is 10.2. The van der Waals surface area contributed by atoms with Crippen LogP contribution in [0, 0.1) is 6.92 Å². The van der Waals surface area contributed by atoms with Crippen molar-refractivity contribution in [1.29, 1.82) is 0 Å². The number of anilines is 2. The summed E-state index contributed by atoms with van der Waals surface area (Å²) >= 11 is 1.43. The third-order valence-electron chi connectivity index (χ3n) is 3.65. The number of methoxy groups -OCH3 is 1.